The summed E-state index contributed by atoms with van der Waals surface area (Å²) < 4.78 is 2.90. The maximum absolute atomic E-state index is 5.89. The molecule has 0 saturated heterocycles. The number of hydrogen-bond donors (Lipinski definition) is 0. The normalized spacial score (nSPS) is 11.1. The largest absolute Gasteiger partial charge is 0.287 e. The monoisotopic (exact) mass is 321 g/mol. The zero-order valence-electron chi connectivity index (χ0n) is 9.56. The van der Waals surface area contributed by atoms with E-state index in [0.29, 0.717) is 5.78 Å². The molecule has 0 aliphatic rings. The summed E-state index contributed by atoms with van der Waals surface area (Å²) in [5.74, 6) is 0.695. The van der Waals surface area contributed by atoms with Gasteiger partial charge in [0, 0.05) is 28.7 Å². The van der Waals surface area contributed by atoms with E-state index in [9.17, 15) is 0 Å². The number of halogens is 2. The summed E-state index contributed by atoms with van der Waals surface area (Å²) in [4.78, 5) is 8.83. The smallest absolute Gasteiger partial charge is 0.234 e. The second-order valence-electron chi connectivity index (χ2n) is 3.99. The van der Waals surface area contributed by atoms with Crippen molar-refractivity contribution < 1.29 is 0 Å². The topological polar surface area (TPSA) is 30.2 Å². The van der Waals surface area contributed by atoms with E-state index in [-0.39, 0.29) is 0 Å². The van der Waals surface area contributed by atoms with E-state index in [1.807, 2.05) is 41.8 Å². The molecule has 0 atom stereocenters. The van der Waals surface area contributed by atoms with Crippen molar-refractivity contribution in [2.24, 2.45) is 0 Å². The standard InChI is InChI=1S/C13H9BrClN3/c1-8-12(9-2-4-11(15)5-3-9)17-13-16-6-10(14)7-18(8)13/h2-7H,1H3. The molecule has 3 nitrogen and oxygen atoms in total. The van der Waals surface area contributed by atoms with Gasteiger partial charge >= 0.3 is 0 Å². The Balaban J connectivity index is 2.23. The van der Waals surface area contributed by atoms with Crippen LogP contribution < -0.4 is 0 Å². The van der Waals surface area contributed by atoms with Crippen LogP contribution in [0.3, 0.4) is 0 Å². The lowest BCUT2D eigenvalue weighted by atomic mass is 10.1. The Morgan fingerprint density at radius 2 is 1.94 bits per heavy atom. The minimum Gasteiger partial charge on any atom is -0.287 e. The quantitative estimate of drug-likeness (QED) is 0.674. The predicted octanol–water partition coefficient (Wildman–Crippen LogP) is 4.12. The molecule has 0 bridgehead atoms. The first-order chi connectivity index (χ1) is 8.65. The molecule has 0 radical (unpaired) electrons. The first-order valence-electron chi connectivity index (χ1n) is 5.41. The van der Waals surface area contributed by atoms with Crippen LogP contribution in [0.15, 0.2) is 41.1 Å². The average molecular weight is 323 g/mol. The summed E-state index contributed by atoms with van der Waals surface area (Å²) in [6.45, 7) is 2.03. The van der Waals surface area contributed by atoms with Gasteiger partial charge in [0.05, 0.1) is 10.2 Å². The molecule has 0 saturated carbocycles. The number of hydrogen-bond acceptors (Lipinski definition) is 2. The highest BCUT2D eigenvalue weighted by atomic mass is 79.9. The van der Waals surface area contributed by atoms with Gasteiger partial charge in [-0.1, -0.05) is 23.7 Å². The summed E-state index contributed by atoms with van der Waals surface area (Å²) in [5, 5.41) is 0.723. The van der Waals surface area contributed by atoms with E-state index in [4.69, 9.17) is 11.6 Å². The number of fused-ring (bicyclic) bond motifs is 1. The Kier molecular flexibility index (Phi) is 2.84. The highest BCUT2D eigenvalue weighted by Crippen LogP contribution is 2.25. The summed E-state index contributed by atoms with van der Waals surface area (Å²) in [5.41, 5.74) is 3.02. The Hall–Kier alpha value is -1.39. The van der Waals surface area contributed by atoms with Gasteiger partial charge < -0.3 is 0 Å². The van der Waals surface area contributed by atoms with E-state index in [0.717, 1.165) is 26.4 Å². The van der Waals surface area contributed by atoms with Gasteiger partial charge in [-0.3, -0.25) is 4.40 Å². The fourth-order valence-electron chi connectivity index (χ4n) is 1.90. The van der Waals surface area contributed by atoms with Gasteiger partial charge in [0.2, 0.25) is 5.78 Å². The molecule has 3 aromatic rings. The van der Waals surface area contributed by atoms with Crippen LogP contribution in [0.4, 0.5) is 0 Å². The molecule has 2 aromatic heterocycles. The molecule has 5 heteroatoms. The van der Waals surface area contributed by atoms with Crippen molar-refractivity contribution in [1.82, 2.24) is 14.4 Å². The number of imidazole rings is 1. The van der Waals surface area contributed by atoms with Gasteiger partial charge in [0.15, 0.2) is 0 Å². The summed E-state index contributed by atoms with van der Waals surface area (Å²) in [6.07, 6.45) is 3.71. The SMILES string of the molecule is Cc1c(-c2ccc(Cl)cc2)nc2ncc(Br)cn12. The van der Waals surface area contributed by atoms with Crippen LogP contribution in [-0.4, -0.2) is 14.4 Å². The van der Waals surface area contributed by atoms with Crippen LogP contribution in [0.5, 0.6) is 0 Å². The molecule has 1 aromatic carbocycles. The van der Waals surface area contributed by atoms with Crippen molar-refractivity contribution in [3.05, 3.63) is 51.8 Å². The van der Waals surface area contributed by atoms with Gasteiger partial charge in [0.1, 0.15) is 0 Å². The Morgan fingerprint density at radius 1 is 1.22 bits per heavy atom. The minimum atomic E-state index is 0.695. The molecular weight excluding hydrogens is 314 g/mol. The van der Waals surface area contributed by atoms with Crippen molar-refractivity contribution >= 4 is 33.3 Å². The van der Waals surface area contributed by atoms with Crippen LogP contribution in [0.2, 0.25) is 5.02 Å². The average Bonchev–Trinajstić information content (AvgIpc) is 2.68. The van der Waals surface area contributed by atoms with Crippen molar-refractivity contribution in [3.8, 4) is 11.3 Å². The maximum atomic E-state index is 5.89. The first-order valence-corrected chi connectivity index (χ1v) is 6.58. The van der Waals surface area contributed by atoms with E-state index in [1.54, 1.807) is 6.20 Å². The van der Waals surface area contributed by atoms with Crippen LogP contribution in [-0.2, 0) is 0 Å². The number of aromatic nitrogens is 3. The number of nitrogens with zero attached hydrogens (tertiary/aromatic N) is 3. The summed E-state index contributed by atoms with van der Waals surface area (Å²) in [7, 11) is 0. The Labute approximate surface area is 118 Å². The van der Waals surface area contributed by atoms with Crippen LogP contribution in [0.1, 0.15) is 5.69 Å². The van der Waals surface area contributed by atoms with Crippen LogP contribution in [0.25, 0.3) is 17.0 Å². The van der Waals surface area contributed by atoms with E-state index >= 15 is 0 Å². The highest BCUT2D eigenvalue weighted by Gasteiger charge is 2.11. The maximum Gasteiger partial charge on any atom is 0.234 e. The molecule has 2 heterocycles. The van der Waals surface area contributed by atoms with Gasteiger partial charge in [-0.2, -0.15) is 0 Å². The van der Waals surface area contributed by atoms with Crippen LogP contribution >= 0.6 is 27.5 Å². The second kappa shape index (κ2) is 4.37. The Morgan fingerprint density at radius 3 is 2.67 bits per heavy atom. The minimum absolute atomic E-state index is 0.695. The van der Waals surface area contributed by atoms with Crippen LogP contribution in [0, 0.1) is 6.92 Å². The van der Waals surface area contributed by atoms with E-state index < -0.39 is 0 Å². The van der Waals surface area contributed by atoms with Crippen molar-refractivity contribution in [3.63, 3.8) is 0 Å². The molecular formula is C13H9BrClN3. The predicted molar refractivity (Wildman–Crippen MR) is 75.9 cm³/mol. The lowest BCUT2D eigenvalue weighted by molar-refractivity contribution is 1.05. The third-order valence-electron chi connectivity index (χ3n) is 2.80. The summed E-state index contributed by atoms with van der Waals surface area (Å²) >= 11 is 9.31. The van der Waals surface area contributed by atoms with Gasteiger partial charge in [0.25, 0.3) is 0 Å². The molecule has 90 valence electrons. The third-order valence-corrected chi connectivity index (χ3v) is 3.47. The molecule has 0 fully saturated rings. The van der Waals surface area contributed by atoms with Gasteiger partial charge in [-0.25, -0.2) is 9.97 Å². The van der Waals surface area contributed by atoms with Crippen molar-refractivity contribution in [2.75, 3.05) is 0 Å². The first kappa shape index (κ1) is 11.7. The zero-order chi connectivity index (χ0) is 12.7. The fourth-order valence-corrected chi connectivity index (χ4v) is 2.33. The molecule has 0 N–H and O–H groups in total. The third kappa shape index (κ3) is 1.91. The number of benzene rings is 1. The van der Waals surface area contributed by atoms with Crippen molar-refractivity contribution in [2.45, 2.75) is 6.92 Å². The second-order valence-corrected chi connectivity index (χ2v) is 5.35. The molecule has 18 heavy (non-hydrogen) atoms. The fraction of sp³-hybridized carbons (Fsp3) is 0.0769. The molecule has 0 aliphatic heterocycles. The molecule has 0 spiro atoms. The van der Waals surface area contributed by atoms with Gasteiger partial charge in [-0.05, 0) is 35.0 Å². The highest BCUT2D eigenvalue weighted by molar-refractivity contribution is 9.10. The number of rotatable bonds is 1. The lowest BCUT2D eigenvalue weighted by Gasteiger charge is -1.99. The Bertz CT molecular complexity index is 719. The van der Waals surface area contributed by atoms with Crippen molar-refractivity contribution in [1.29, 1.82) is 0 Å². The lowest BCUT2D eigenvalue weighted by Crippen LogP contribution is -1.89. The molecule has 0 unspecified atom stereocenters. The zero-order valence-corrected chi connectivity index (χ0v) is 11.9. The van der Waals surface area contributed by atoms with Gasteiger partial charge in [-0.15, -0.1) is 0 Å². The summed E-state index contributed by atoms with van der Waals surface area (Å²) in [6, 6.07) is 7.66. The molecule has 0 aliphatic carbocycles. The molecule has 0 amide bonds. The molecule has 3 rings (SSSR count). The number of aryl methyl sites for hydroxylation is 1. The van der Waals surface area contributed by atoms with E-state index in [1.165, 1.54) is 0 Å². The van der Waals surface area contributed by atoms with E-state index in [2.05, 4.69) is 25.9 Å².